The molecule has 1 aliphatic heterocycles. The number of anilines is 1. The Kier molecular flexibility index (Phi) is 7.13. The zero-order valence-electron chi connectivity index (χ0n) is 19.7. The van der Waals surface area contributed by atoms with Crippen molar-refractivity contribution in [1.82, 2.24) is 24.6 Å². The zero-order valence-corrected chi connectivity index (χ0v) is 20.6. The van der Waals surface area contributed by atoms with E-state index < -0.39 is 0 Å². The molecular formula is C26H25FN6O2S. The molecule has 0 saturated carbocycles. The first-order valence-corrected chi connectivity index (χ1v) is 12.5. The number of benzene rings is 2. The van der Waals surface area contributed by atoms with E-state index in [-0.39, 0.29) is 17.5 Å². The van der Waals surface area contributed by atoms with Crippen LogP contribution in [0.1, 0.15) is 0 Å². The molecule has 1 saturated heterocycles. The average molecular weight is 505 g/mol. The van der Waals surface area contributed by atoms with E-state index in [0.29, 0.717) is 48.6 Å². The van der Waals surface area contributed by atoms with E-state index in [9.17, 15) is 9.18 Å². The minimum atomic E-state index is -0.242. The van der Waals surface area contributed by atoms with Gasteiger partial charge in [-0.2, -0.15) is 0 Å². The second-order valence-corrected chi connectivity index (χ2v) is 9.10. The maximum Gasteiger partial charge on any atom is 0.233 e. The summed E-state index contributed by atoms with van der Waals surface area (Å²) in [5.41, 5.74) is 2.21. The molecule has 8 nitrogen and oxygen atoms in total. The minimum Gasteiger partial charge on any atom is -0.495 e. The summed E-state index contributed by atoms with van der Waals surface area (Å²) in [4.78, 5) is 20.9. The van der Waals surface area contributed by atoms with Gasteiger partial charge >= 0.3 is 0 Å². The maximum atomic E-state index is 14.1. The van der Waals surface area contributed by atoms with Crippen LogP contribution >= 0.6 is 11.8 Å². The average Bonchev–Trinajstić information content (AvgIpc) is 3.36. The number of methoxy groups -OCH3 is 1. The largest absolute Gasteiger partial charge is 0.495 e. The predicted molar refractivity (Wildman–Crippen MR) is 137 cm³/mol. The first-order chi connectivity index (χ1) is 17.7. The summed E-state index contributed by atoms with van der Waals surface area (Å²) in [5.74, 6) is 1.28. The molecule has 0 spiro atoms. The standard InChI is InChI=1S/C26H25FN6O2S/c1-35-23-9-5-4-8-22(23)33-25(19-10-12-28-13-11-19)29-30-26(33)36-18-24(34)32-16-14-31(15-17-32)21-7-3-2-6-20(21)27/h2-13H,14-18H2,1H3. The number of halogens is 1. The third kappa shape index (κ3) is 4.90. The van der Waals surface area contributed by atoms with E-state index in [0.717, 1.165) is 11.3 Å². The quantitative estimate of drug-likeness (QED) is 0.353. The molecule has 2 aromatic heterocycles. The van der Waals surface area contributed by atoms with Gasteiger partial charge in [-0.3, -0.25) is 14.3 Å². The van der Waals surface area contributed by atoms with Crippen molar-refractivity contribution in [1.29, 1.82) is 0 Å². The van der Waals surface area contributed by atoms with Gasteiger partial charge in [0.15, 0.2) is 11.0 Å². The zero-order chi connectivity index (χ0) is 24.9. The van der Waals surface area contributed by atoms with Crippen LogP contribution in [0.2, 0.25) is 0 Å². The summed E-state index contributed by atoms with van der Waals surface area (Å²) in [6, 6.07) is 18.1. The highest BCUT2D eigenvalue weighted by atomic mass is 32.2. The molecule has 3 heterocycles. The number of amides is 1. The highest BCUT2D eigenvalue weighted by Gasteiger charge is 2.24. The fourth-order valence-corrected chi connectivity index (χ4v) is 5.05. The van der Waals surface area contributed by atoms with Crippen molar-refractivity contribution in [2.75, 3.05) is 43.9 Å². The minimum absolute atomic E-state index is 0.00761. The van der Waals surface area contributed by atoms with Crippen LogP contribution in [0.3, 0.4) is 0 Å². The molecule has 1 aliphatic rings. The number of hydrogen-bond acceptors (Lipinski definition) is 7. The number of pyridine rings is 1. The van der Waals surface area contributed by atoms with Gasteiger partial charge in [0.25, 0.3) is 0 Å². The van der Waals surface area contributed by atoms with Gasteiger partial charge in [-0.1, -0.05) is 36.0 Å². The van der Waals surface area contributed by atoms with Crippen LogP contribution in [-0.2, 0) is 4.79 Å². The lowest BCUT2D eigenvalue weighted by Gasteiger charge is -2.36. The lowest BCUT2D eigenvalue weighted by Crippen LogP contribution is -2.49. The van der Waals surface area contributed by atoms with Crippen LogP contribution in [0, 0.1) is 5.82 Å². The molecule has 0 bridgehead atoms. The van der Waals surface area contributed by atoms with Gasteiger partial charge in [0.2, 0.25) is 5.91 Å². The summed E-state index contributed by atoms with van der Waals surface area (Å²) in [5, 5.41) is 9.41. The molecule has 36 heavy (non-hydrogen) atoms. The van der Waals surface area contributed by atoms with Crippen LogP contribution in [0.25, 0.3) is 17.1 Å². The van der Waals surface area contributed by atoms with Crippen molar-refractivity contribution in [3.8, 4) is 22.8 Å². The molecule has 2 aromatic carbocycles. The molecule has 4 aromatic rings. The number of nitrogens with zero attached hydrogens (tertiary/aromatic N) is 6. The third-order valence-corrected chi connectivity index (χ3v) is 6.96. The number of carbonyl (C=O) groups excluding carboxylic acids is 1. The number of piperazine rings is 1. The second kappa shape index (κ2) is 10.8. The molecule has 184 valence electrons. The van der Waals surface area contributed by atoms with Gasteiger partial charge < -0.3 is 14.5 Å². The van der Waals surface area contributed by atoms with Crippen LogP contribution in [0.5, 0.6) is 5.75 Å². The van der Waals surface area contributed by atoms with Gasteiger partial charge in [0.1, 0.15) is 11.6 Å². The van der Waals surface area contributed by atoms with Crippen molar-refractivity contribution in [3.05, 3.63) is 78.9 Å². The van der Waals surface area contributed by atoms with Crippen molar-refractivity contribution in [2.24, 2.45) is 0 Å². The van der Waals surface area contributed by atoms with Crippen molar-refractivity contribution >= 4 is 23.4 Å². The molecule has 10 heteroatoms. The normalized spacial score (nSPS) is 13.6. The summed E-state index contributed by atoms with van der Waals surface area (Å²) in [6.07, 6.45) is 3.40. The molecule has 0 atom stereocenters. The third-order valence-electron chi connectivity index (χ3n) is 6.05. The maximum absolute atomic E-state index is 14.1. The Morgan fingerprint density at radius 2 is 1.64 bits per heavy atom. The number of thioether (sulfide) groups is 1. The smallest absolute Gasteiger partial charge is 0.233 e. The van der Waals surface area contributed by atoms with Gasteiger partial charge in [-0.25, -0.2) is 4.39 Å². The lowest BCUT2D eigenvalue weighted by molar-refractivity contribution is -0.128. The summed E-state index contributed by atoms with van der Waals surface area (Å²) in [7, 11) is 1.62. The summed E-state index contributed by atoms with van der Waals surface area (Å²) >= 11 is 1.33. The molecule has 0 aliphatic carbocycles. The topological polar surface area (TPSA) is 76.4 Å². The van der Waals surface area contributed by atoms with E-state index in [2.05, 4.69) is 15.2 Å². The molecule has 1 amide bonds. The van der Waals surface area contributed by atoms with Crippen molar-refractivity contribution in [3.63, 3.8) is 0 Å². The Balaban J connectivity index is 1.32. The monoisotopic (exact) mass is 504 g/mol. The molecule has 0 radical (unpaired) electrons. The van der Waals surface area contributed by atoms with Gasteiger partial charge in [0.05, 0.1) is 24.2 Å². The predicted octanol–water partition coefficient (Wildman–Crippen LogP) is 3.92. The van der Waals surface area contributed by atoms with Crippen LogP contribution in [0.4, 0.5) is 10.1 Å². The number of rotatable bonds is 7. The number of para-hydroxylation sites is 3. The number of ether oxygens (including phenoxy) is 1. The van der Waals surface area contributed by atoms with Gasteiger partial charge in [-0.05, 0) is 36.4 Å². The Labute approximate surface area is 212 Å². The van der Waals surface area contributed by atoms with Crippen LogP contribution in [-0.4, -0.2) is 69.6 Å². The molecule has 0 N–H and O–H groups in total. The lowest BCUT2D eigenvalue weighted by atomic mass is 10.2. The van der Waals surface area contributed by atoms with Crippen LogP contribution < -0.4 is 9.64 Å². The van der Waals surface area contributed by atoms with E-state index in [4.69, 9.17) is 4.74 Å². The first-order valence-electron chi connectivity index (χ1n) is 11.5. The highest BCUT2D eigenvalue weighted by Crippen LogP contribution is 2.32. The Hall–Kier alpha value is -3.92. The molecule has 5 rings (SSSR count). The van der Waals surface area contributed by atoms with Gasteiger partial charge in [0, 0.05) is 44.1 Å². The number of hydrogen-bond donors (Lipinski definition) is 0. The fourth-order valence-electron chi connectivity index (χ4n) is 4.21. The summed E-state index contributed by atoms with van der Waals surface area (Å²) < 4.78 is 21.6. The van der Waals surface area contributed by atoms with E-state index in [1.165, 1.54) is 17.8 Å². The van der Waals surface area contributed by atoms with Crippen LogP contribution in [0.15, 0.2) is 78.2 Å². The SMILES string of the molecule is COc1ccccc1-n1c(SCC(=O)N2CCN(c3ccccc3F)CC2)nnc1-c1ccncc1. The van der Waals surface area contributed by atoms with E-state index >= 15 is 0 Å². The van der Waals surface area contributed by atoms with Crippen molar-refractivity contribution in [2.45, 2.75) is 5.16 Å². The molecular weight excluding hydrogens is 479 g/mol. The van der Waals surface area contributed by atoms with E-state index in [1.54, 1.807) is 31.6 Å². The first kappa shape index (κ1) is 23.8. The van der Waals surface area contributed by atoms with Crippen molar-refractivity contribution < 1.29 is 13.9 Å². The second-order valence-electron chi connectivity index (χ2n) is 8.16. The number of carbonyl (C=O) groups is 1. The van der Waals surface area contributed by atoms with Gasteiger partial charge in [-0.15, -0.1) is 10.2 Å². The molecule has 1 fully saturated rings. The molecule has 0 unspecified atom stereocenters. The highest BCUT2D eigenvalue weighted by molar-refractivity contribution is 7.99. The Morgan fingerprint density at radius 1 is 0.944 bits per heavy atom. The van der Waals surface area contributed by atoms with E-state index in [1.807, 2.05) is 56.8 Å². The Morgan fingerprint density at radius 3 is 2.36 bits per heavy atom. The number of aromatic nitrogens is 4. The Bertz CT molecular complexity index is 1340. The summed E-state index contributed by atoms with van der Waals surface area (Å²) in [6.45, 7) is 2.24. The fraction of sp³-hybridized carbons (Fsp3) is 0.231.